The van der Waals surface area contributed by atoms with Crippen molar-refractivity contribution in [2.45, 2.75) is 51.7 Å². The molecule has 0 aromatic carbocycles. The van der Waals surface area contributed by atoms with Gasteiger partial charge in [-0.2, -0.15) is 0 Å². The second-order valence-corrected chi connectivity index (χ2v) is 7.76. The van der Waals surface area contributed by atoms with Crippen molar-refractivity contribution in [1.82, 2.24) is 25.3 Å². The zero-order valence-corrected chi connectivity index (χ0v) is 15.8. The Morgan fingerprint density at radius 2 is 1.79 bits per heavy atom. The molecule has 2 N–H and O–H groups in total. The van der Waals surface area contributed by atoms with E-state index >= 15 is 0 Å². The van der Waals surface area contributed by atoms with Crippen molar-refractivity contribution in [1.29, 1.82) is 0 Å². The molecule has 6 nitrogen and oxygen atoms in total. The number of aliphatic imine (C=N–C) groups is 1. The van der Waals surface area contributed by atoms with Gasteiger partial charge in [-0.05, 0) is 33.6 Å². The lowest BCUT2D eigenvalue weighted by Crippen LogP contribution is -2.62. The van der Waals surface area contributed by atoms with E-state index in [2.05, 4.69) is 46.1 Å². The number of rotatable bonds is 5. The number of hydrogen-bond donors (Lipinski definition) is 2. The van der Waals surface area contributed by atoms with Crippen LogP contribution in [-0.4, -0.2) is 97.7 Å². The highest BCUT2D eigenvalue weighted by Crippen LogP contribution is 2.16. The smallest absolute Gasteiger partial charge is 0.191 e. The van der Waals surface area contributed by atoms with Gasteiger partial charge in [0.2, 0.25) is 0 Å². The van der Waals surface area contributed by atoms with Crippen molar-refractivity contribution in [3.63, 3.8) is 0 Å². The van der Waals surface area contributed by atoms with E-state index in [1.54, 1.807) is 0 Å². The molecule has 4 fully saturated rings. The molecule has 4 aliphatic rings. The number of piperidine rings is 1. The van der Waals surface area contributed by atoms with Crippen LogP contribution in [0.5, 0.6) is 0 Å². The molecule has 0 aliphatic carbocycles. The van der Waals surface area contributed by atoms with Gasteiger partial charge in [-0.25, -0.2) is 0 Å². The highest BCUT2D eigenvalue weighted by atomic mass is 15.3. The fraction of sp³-hybridized carbons (Fsp3) is 0.944. The maximum Gasteiger partial charge on any atom is 0.191 e. The van der Waals surface area contributed by atoms with E-state index in [1.807, 2.05) is 0 Å². The molecule has 0 saturated carbocycles. The van der Waals surface area contributed by atoms with E-state index in [0.29, 0.717) is 18.1 Å². The molecule has 1 unspecified atom stereocenters. The molecule has 4 aliphatic heterocycles. The molecule has 4 saturated heterocycles. The molecule has 138 valence electrons. The molecule has 2 bridgehead atoms. The van der Waals surface area contributed by atoms with E-state index < -0.39 is 0 Å². The summed E-state index contributed by atoms with van der Waals surface area (Å²) in [5.74, 6) is 1.01. The number of nitrogens with one attached hydrogen (secondary N) is 2. The van der Waals surface area contributed by atoms with Gasteiger partial charge in [0, 0.05) is 70.5 Å². The van der Waals surface area contributed by atoms with Crippen LogP contribution in [0.1, 0.15) is 33.6 Å². The van der Waals surface area contributed by atoms with Crippen molar-refractivity contribution >= 4 is 5.96 Å². The summed E-state index contributed by atoms with van der Waals surface area (Å²) >= 11 is 0. The molecule has 4 rings (SSSR count). The van der Waals surface area contributed by atoms with Crippen LogP contribution in [0.3, 0.4) is 0 Å². The van der Waals surface area contributed by atoms with Gasteiger partial charge >= 0.3 is 0 Å². The number of nitrogens with zero attached hydrogens (tertiary/aromatic N) is 4. The SMILES string of the molecule is CCNC(=NCC1CN2CCN1CC2)NC1CCN(C(C)C)CC1. The third kappa shape index (κ3) is 4.61. The van der Waals surface area contributed by atoms with Crippen LogP contribution in [-0.2, 0) is 0 Å². The minimum Gasteiger partial charge on any atom is -0.357 e. The molecular formula is C18H36N6. The van der Waals surface area contributed by atoms with Crippen LogP contribution in [0.25, 0.3) is 0 Å². The maximum absolute atomic E-state index is 4.92. The molecule has 1 atom stereocenters. The Labute approximate surface area is 147 Å². The molecule has 0 radical (unpaired) electrons. The van der Waals surface area contributed by atoms with Gasteiger partial charge in [-0.1, -0.05) is 0 Å². The standard InChI is InChI=1S/C18H36N6/c1-4-19-18(21-16-5-7-23(8-6-16)15(2)3)20-13-17-14-22-9-11-24(17)12-10-22/h15-17H,4-14H2,1-3H3,(H2,19,20,21). The number of hydrogen-bond acceptors (Lipinski definition) is 4. The summed E-state index contributed by atoms with van der Waals surface area (Å²) < 4.78 is 0. The Morgan fingerprint density at radius 3 is 2.33 bits per heavy atom. The third-order valence-corrected chi connectivity index (χ3v) is 5.80. The summed E-state index contributed by atoms with van der Waals surface area (Å²) in [5, 5.41) is 7.12. The van der Waals surface area contributed by atoms with Gasteiger partial charge in [0.1, 0.15) is 0 Å². The Hall–Kier alpha value is -0.850. The van der Waals surface area contributed by atoms with Crippen molar-refractivity contribution in [2.24, 2.45) is 4.99 Å². The third-order valence-electron chi connectivity index (χ3n) is 5.80. The van der Waals surface area contributed by atoms with Gasteiger partial charge in [0.05, 0.1) is 6.54 Å². The molecule has 0 amide bonds. The summed E-state index contributed by atoms with van der Waals surface area (Å²) in [6, 6.07) is 1.83. The minimum absolute atomic E-state index is 0.560. The van der Waals surface area contributed by atoms with E-state index in [1.165, 1.54) is 58.7 Å². The van der Waals surface area contributed by atoms with Crippen LogP contribution < -0.4 is 10.6 Å². The molecule has 0 spiro atoms. The minimum atomic E-state index is 0.560. The average molecular weight is 337 g/mol. The average Bonchev–Trinajstić information content (AvgIpc) is 2.61. The van der Waals surface area contributed by atoms with Gasteiger partial charge in [0.15, 0.2) is 5.96 Å². The van der Waals surface area contributed by atoms with Crippen molar-refractivity contribution < 1.29 is 0 Å². The predicted molar refractivity (Wildman–Crippen MR) is 101 cm³/mol. The summed E-state index contributed by atoms with van der Waals surface area (Å²) in [6.45, 7) is 17.1. The van der Waals surface area contributed by atoms with Crippen molar-refractivity contribution in [2.75, 3.05) is 58.9 Å². The van der Waals surface area contributed by atoms with E-state index in [-0.39, 0.29) is 0 Å². The Morgan fingerprint density at radius 1 is 1.08 bits per heavy atom. The summed E-state index contributed by atoms with van der Waals surface area (Å²) in [7, 11) is 0. The Bertz CT molecular complexity index is 408. The summed E-state index contributed by atoms with van der Waals surface area (Å²) in [4.78, 5) is 12.7. The summed E-state index contributed by atoms with van der Waals surface area (Å²) in [5.41, 5.74) is 0. The van der Waals surface area contributed by atoms with Crippen LogP contribution in [0.4, 0.5) is 0 Å². The lowest BCUT2D eigenvalue weighted by molar-refractivity contribution is 0.0174. The van der Waals surface area contributed by atoms with Gasteiger partial charge in [-0.15, -0.1) is 0 Å². The molecule has 0 aromatic heterocycles. The zero-order chi connectivity index (χ0) is 16.9. The first-order valence-electron chi connectivity index (χ1n) is 9.91. The van der Waals surface area contributed by atoms with Gasteiger partial charge in [0.25, 0.3) is 0 Å². The zero-order valence-electron chi connectivity index (χ0n) is 15.8. The first-order chi connectivity index (χ1) is 11.7. The first kappa shape index (κ1) is 18.0. The summed E-state index contributed by atoms with van der Waals surface area (Å²) in [6.07, 6.45) is 2.43. The van der Waals surface area contributed by atoms with E-state index in [9.17, 15) is 0 Å². The lowest BCUT2D eigenvalue weighted by atomic mass is 10.0. The van der Waals surface area contributed by atoms with E-state index in [0.717, 1.165) is 19.0 Å². The van der Waals surface area contributed by atoms with Crippen molar-refractivity contribution in [3.8, 4) is 0 Å². The van der Waals surface area contributed by atoms with Gasteiger partial charge < -0.3 is 15.5 Å². The first-order valence-corrected chi connectivity index (χ1v) is 9.91. The lowest BCUT2D eigenvalue weighted by Gasteiger charge is -2.47. The van der Waals surface area contributed by atoms with Crippen LogP contribution in [0.15, 0.2) is 4.99 Å². The Kier molecular flexibility index (Phi) is 6.36. The molecule has 24 heavy (non-hydrogen) atoms. The predicted octanol–water partition coefficient (Wildman–Crippen LogP) is 0.414. The topological polar surface area (TPSA) is 46.1 Å². The quantitative estimate of drug-likeness (QED) is 0.563. The second-order valence-electron chi connectivity index (χ2n) is 7.76. The molecule has 0 aromatic rings. The highest BCUT2D eigenvalue weighted by Gasteiger charge is 2.31. The van der Waals surface area contributed by atoms with Crippen LogP contribution in [0, 0.1) is 0 Å². The van der Waals surface area contributed by atoms with Gasteiger partial charge in [-0.3, -0.25) is 14.8 Å². The largest absolute Gasteiger partial charge is 0.357 e. The Balaban J connectivity index is 1.49. The second kappa shape index (κ2) is 8.50. The van der Waals surface area contributed by atoms with Crippen LogP contribution in [0.2, 0.25) is 0 Å². The monoisotopic (exact) mass is 336 g/mol. The maximum atomic E-state index is 4.92. The fourth-order valence-corrected chi connectivity index (χ4v) is 4.17. The number of fused-ring (bicyclic) bond motifs is 3. The molecular weight excluding hydrogens is 300 g/mol. The fourth-order valence-electron chi connectivity index (χ4n) is 4.17. The highest BCUT2D eigenvalue weighted by molar-refractivity contribution is 5.80. The number of likely N-dealkylation sites (tertiary alicyclic amines) is 1. The van der Waals surface area contributed by atoms with Crippen molar-refractivity contribution in [3.05, 3.63) is 0 Å². The number of piperazine rings is 3. The molecule has 4 heterocycles. The normalized spacial score (nSPS) is 32.3. The number of guanidine groups is 1. The molecule has 6 heteroatoms. The van der Waals surface area contributed by atoms with E-state index in [4.69, 9.17) is 4.99 Å². The van der Waals surface area contributed by atoms with Crippen LogP contribution >= 0.6 is 0 Å².